The summed E-state index contributed by atoms with van der Waals surface area (Å²) in [7, 11) is 0. The Morgan fingerprint density at radius 2 is 1.93 bits per heavy atom. The van der Waals surface area contributed by atoms with E-state index in [4.69, 9.17) is 5.73 Å². The maximum absolute atomic E-state index is 5.51. The molecule has 0 aliphatic heterocycles. The minimum absolute atomic E-state index is 0.0934. The molecule has 3 N–H and O–H groups in total. The van der Waals surface area contributed by atoms with E-state index in [9.17, 15) is 0 Å². The first-order valence-electron chi connectivity index (χ1n) is 4.93. The van der Waals surface area contributed by atoms with E-state index in [-0.39, 0.29) is 5.54 Å². The molecule has 1 aliphatic carbocycles. The van der Waals surface area contributed by atoms with Crippen LogP contribution in [0.2, 0.25) is 0 Å². The van der Waals surface area contributed by atoms with Crippen LogP contribution in [-0.4, -0.2) is 15.5 Å². The highest BCUT2D eigenvalue weighted by Crippen LogP contribution is 2.40. The fourth-order valence-electron chi connectivity index (χ4n) is 1.60. The highest BCUT2D eigenvalue weighted by atomic mass is 15.1. The van der Waals surface area contributed by atoms with E-state index in [0.29, 0.717) is 11.6 Å². The predicted octanol–water partition coefficient (Wildman–Crippen LogP) is 1.66. The number of nitrogens with one attached hydrogen (secondary N) is 1. The van der Waals surface area contributed by atoms with Crippen molar-refractivity contribution in [1.82, 2.24) is 9.97 Å². The molecule has 4 heteroatoms. The van der Waals surface area contributed by atoms with Crippen molar-refractivity contribution >= 4 is 11.6 Å². The van der Waals surface area contributed by atoms with Crippen LogP contribution in [0, 0.1) is 5.92 Å². The van der Waals surface area contributed by atoms with E-state index >= 15 is 0 Å². The number of anilines is 2. The van der Waals surface area contributed by atoms with Gasteiger partial charge in [-0.2, -0.15) is 0 Å². The van der Waals surface area contributed by atoms with E-state index in [2.05, 4.69) is 29.1 Å². The summed E-state index contributed by atoms with van der Waals surface area (Å²) < 4.78 is 0. The molecular weight excluding hydrogens is 176 g/mol. The predicted molar refractivity (Wildman–Crippen MR) is 56.9 cm³/mol. The van der Waals surface area contributed by atoms with Gasteiger partial charge in [0.25, 0.3) is 0 Å². The Hall–Kier alpha value is -1.32. The lowest BCUT2D eigenvalue weighted by Crippen LogP contribution is -2.34. The van der Waals surface area contributed by atoms with Gasteiger partial charge in [-0.3, -0.25) is 0 Å². The van der Waals surface area contributed by atoms with Gasteiger partial charge in [-0.05, 0) is 32.6 Å². The second-order valence-corrected chi connectivity index (χ2v) is 4.46. The van der Waals surface area contributed by atoms with E-state index in [1.54, 1.807) is 12.4 Å². The second-order valence-electron chi connectivity index (χ2n) is 4.46. The Kier molecular flexibility index (Phi) is 2.06. The number of nitrogens with zero attached hydrogens (tertiary/aromatic N) is 2. The van der Waals surface area contributed by atoms with Crippen LogP contribution < -0.4 is 11.1 Å². The maximum Gasteiger partial charge on any atom is 0.223 e. The van der Waals surface area contributed by atoms with Gasteiger partial charge in [0.05, 0.1) is 18.1 Å². The van der Waals surface area contributed by atoms with E-state index in [1.165, 1.54) is 12.8 Å². The molecule has 1 fully saturated rings. The van der Waals surface area contributed by atoms with Crippen molar-refractivity contribution in [1.29, 1.82) is 0 Å². The van der Waals surface area contributed by atoms with Crippen molar-refractivity contribution in [3.63, 3.8) is 0 Å². The minimum Gasteiger partial charge on any atom is -0.396 e. The monoisotopic (exact) mass is 192 g/mol. The first kappa shape index (κ1) is 9.24. The Morgan fingerprint density at radius 3 is 2.43 bits per heavy atom. The summed E-state index contributed by atoms with van der Waals surface area (Å²) in [6.45, 7) is 4.37. The summed E-state index contributed by atoms with van der Waals surface area (Å²) in [5.41, 5.74) is 6.20. The Balaban J connectivity index is 2.06. The minimum atomic E-state index is 0.0934. The van der Waals surface area contributed by atoms with Gasteiger partial charge in [0.2, 0.25) is 5.95 Å². The zero-order chi connectivity index (χ0) is 10.2. The normalized spacial score (nSPS) is 16.7. The second kappa shape index (κ2) is 3.12. The molecule has 1 aliphatic rings. The molecule has 2 rings (SSSR count). The summed E-state index contributed by atoms with van der Waals surface area (Å²) in [4.78, 5) is 8.25. The van der Waals surface area contributed by atoms with Crippen molar-refractivity contribution in [2.24, 2.45) is 5.92 Å². The van der Waals surface area contributed by atoms with Gasteiger partial charge in [0.1, 0.15) is 0 Å². The smallest absolute Gasteiger partial charge is 0.223 e. The highest BCUT2D eigenvalue weighted by Gasteiger charge is 2.38. The Morgan fingerprint density at radius 1 is 1.36 bits per heavy atom. The standard InChI is InChI=1S/C10H16N4/c1-10(2,7-3-4-7)14-9-12-5-8(11)6-13-9/h5-7H,3-4,11H2,1-2H3,(H,12,13,14). The molecule has 1 aromatic heterocycles. The van der Waals surface area contributed by atoms with Gasteiger partial charge < -0.3 is 11.1 Å². The SMILES string of the molecule is CC(C)(Nc1ncc(N)cn1)C1CC1. The fraction of sp³-hybridized carbons (Fsp3) is 0.600. The molecule has 0 atom stereocenters. The number of hydrogen-bond donors (Lipinski definition) is 2. The summed E-state index contributed by atoms with van der Waals surface area (Å²) in [5, 5.41) is 3.33. The average molecular weight is 192 g/mol. The molecule has 0 radical (unpaired) electrons. The van der Waals surface area contributed by atoms with Crippen molar-refractivity contribution < 1.29 is 0 Å². The Bertz CT molecular complexity index is 313. The number of nitrogens with two attached hydrogens (primary N) is 1. The van der Waals surface area contributed by atoms with Crippen LogP contribution in [0.25, 0.3) is 0 Å². The first-order chi connectivity index (χ1) is 6.58. The zero-order valence-corrected chi connectivity index (χ0v) is 8.62. The lowest BCUT2D eigenvalue weighted by molar-refractivity contribution is 0.490. The van der Waals surface area contributed by atoms with Crippen LogP contribution >= 0.6 is 0 Å². The number of nitrogen functional groups attached to an aromatic ring is 1. The van der Waals surface area contributed by atoms with Crippen LogP contribution in [0.1, 0.15) is 26.7 Å². The van der Waals surface area contributed by atoms with Crippen LogP contribution in [-0.2, 0) is 0 Å². The van der Waals surface area contributed by atoms with Gasteiger partial charge >= 0.3 is 0 Å². The average Bonchev–Trinajstić information content (AvgIpc) is 2.91. The quantitative estimate of drug-likeness (QED) is 0.764. The lowest BCUT2D eigenvalue weighted by atomic mass is 9.99. The molecular formula is C10H16N4. The molecule has 4 nitrogen and oxygen atoms in total. The molecule has 14 heavy (non-hydrogen) atoms. The maximum atomic E-state index is 5.51. The van der Waals surface area contributed by atoms with Crippen molar-refractivity contribution in [3.05, 3.63) is 12.4 Å². The topological polar surface area (TPSA) is 63.8 Å². The van der Waals surface area contributed by atoms with Gasteiger partial charge in [-0.1, -0.05) is 0 Å². The largest absolute Gasteiger partial charge is 0.396 e. The summed E-state index contributed by atoms with van der Waals surface area (Å²) in [5.74, 6) is 1.42. The van der Waals surface area contributed by atoms with E-state index in [0.717, 1.165) is 5.92 Å². The highest BCUT2D eigenvalue weighted by molar-refractivity contribution is 5.37. The van der Waals surface area contributed by atoms with Crippen molar-refractivity contribution in [3.8, 4) is 0 Å². The summed E-state index contributed by atoms with van der Waals surface area (Å²) >= 11 is 0. The van der Waals surface area contributed by atoms with Crippen molar-refractivity contribution in [2.45, 2.75) is 32.2 Å². The third-order valence-electron chi connectivity index (χ3n) is 2.70. The third kappa shape index (κ3) is 1.95. The molecule has 0 saturated heterocycles. The van der Waals surface area contributed by atoms with Gasteiger partial charge in [0, 0.05) is 5.54 Å². The van der Waals surface area contributed by atoms with Crippen LogP contribution in [0.15, 0.2) is 12.4 Å². The van der Waals surface area contributed by atoms with E-state index in [1.807, 2.05) is 0 Å². The van der Waals surface area contributed by atoms with E-state index < -0.39 is 0 Å². The lowest BCUT2D eigenvalue weighted by Gasteiger charge is -2.25. The van der Waals surface area contributed by atoms with Crippen LogP contribution in [0.3, 0.4) is 0 Å². The van der Waals surface area contributed by atoms with Crippen LogP contribution in [0.5, 0.6) is 0 Å². The van der Waals surface area contributed by atoms with Crippen molar-refractivity contribution in [2.75, 3.05) is 11.1 Å². The Labute approximate surface area is 83.9 Å². The molecule has 1 heterocycles. The molecule has 1 saturated carbocycles. The molecule has 1 aromatic rings. The number of aromatic nitrogens is 2. The van der Waals surface area contributed by atoms with Crippen LogP contribution in [0.4, 0.5) is 11.6 Å². The summed E-state index contributed by atoms with van der Waals surface area (Å²) in [6, 6.07) is 0. The summed E-state index contributed by atoms with van der Waals surface area (Å²) in [6.07, 6.45) is 5.85. The molecule has 0 amide bonds. The number of rotatable bonds is 3. The molecule has 0 unspecified atom stereocenters. The van der Waals surface area contributed by atoms with Gasteiger partial charge in [0.15, 0.2) is 0 Å². The molecule has 76 valence electrons. The molecule has 0 aromatic carbocycles. The van der Waals surface area contributed by atoms with Gasteiger partial charge in [-0.25, -0.2) is 9.97 Å². The fourth-order valence-corrected chi connectivity index (χ4v) is 1.60. The first-order valence-corrected chi connectivity index (χ1v) is 4.93. The molecule has 0 spiro atoms. The third-order valence-corrected chi connectivity index (χ3v) is 2.70. The van der Waals surface area contributed by atoms with Gasteiger partial charge in [-0.15, -0.1) is 0 Å². The zero-order valence-electron chi connectivity index (χ0n) is 8.62. The molecule has 0 bridgehead atoms. The number of hydrogen-bond acceptors (Lipinski definition) is 4.